The Morgan fingerprint density at radius 1 is 1.11 bits per heavy atom. The third kappa shape index (κ3) is 1.98. The first kappa shape index (κ1) is 10.6. The van der Waals surface area contributed by atoms with Crippen LogP contribution in [0.4, 0.5) is 0 Å². The van der Waals surface area contributed by atoms with Gasteiger partial charge >= 0.3 is 5.76 Å². The molecule has 2 heterocycles. The first-order chi connectivity index (χ1) is 8.83. The van der Waals surface area contributed by atoms with Gasteiger partial charge in [-0.3, -0.25) is 0 Å². The molecule has 0 N–H and O–H groups in total. The highest BCUT2D eigenvalue weighted by Gasteiger charge is 2.12. The van der Waals surface area contributed by atoms with E-state index in [2.05, 4.69) is 5.10 Å². The summed E-state index contributed by atoms with van der Waals surface area (Å²) in [5.41, 5.74) is 0.985. The van der Waals surface area contributed by atoms with Crippen molar-refractivity contribution < 1.29 is 8.83 Å². The first-order valence-corrected chi connectivity index (χ1v) is 5.49. The maximum Gasteiger partial charge on any atom is 0.437 e. The zero-order valence-corrected chi connectivity index (χ0v) is 9.45. The van der Waals surface area contributed by atoms with E-state index in [-0.39, 0.29) is 5.89 Å². The Bertz CT molecular complexity index is 681. The van der Waals surface area contributed by atoms with Gasteiger partial charge in [0.1, 0.15) is 0 Å². The van der Waals surface area contributed by atoms with Crippen molar-refractivity contribution >= 4 is 0 Å². The predicted octanol–water partition coefficient (Wildman–Crippen LogP) is 2.14. The second kappa shape index (κ2) is 4.37. The Morgan fingerprint density at radius 2 is 1.94 bits per heavy atom. The summed E-state index contributed by atoms with van der Waals surface area (Å²) < 4.78 is 11.4. The monoisotopic (exact) mass is 242 g/mol. The van der Waals surface area contributed by atoms with Crippen LogP contribution in [0.2, 0.25) is 0 Å². The molecule has 0 spiro atoms. The fourth-order valence-corrected chi connectivity index (χ4v) is 1.66. The second-order valence-electron chi connectivity index (χ2n) is 3.79. The number of hydrogen-bond donors (Lipinski definition) is 0. The lowest BCUT2D eigenvalue weighted by Gasteiger charge is -1.97. The lowest BCUT2D eigenvalue weighted by atomic mass is 10.2. The van der Waals surface area contributed by atoms with E-state index in [1.807, 2.05) is 30.3 Å². The van der Waals surface area contributed by atoms with Gasteiger partial charge in [-0.1, -0.05) is 30.3 Å². The van der Waals surface area contributed by atoms with Crippen molar-refractivity contribution in [3.63, 3.8) is 0 Å². The van der Waals surface area contributed by atoms with Gasteiger partial charge in [-0.15, -0.1) is 5.10 Å². The van der Waals surface area contributed by atoms with Gasteiger partial charge in [0.25, 0.3) is 5.89 Å². The van der Waals surface area contributed by atoms with E-state index in [9.17, 15) is 4.79 Å². The Balaban J connectivity index is 1.92. The molecule has 0 aliphatic heterocycles. The normalized spacial score (nSPS) is 10.7. The number of aromatic nitrogens is 2. The minimum atomic E-state index is -0.495. The zero-order chi connectivity index (χ0) is 12.4. The highest BCUT2D eigenvalue weighted by Crippen LogP contribution is 2.15. The molecule has 0 saturated carbocycles. The molecule has 5 nitrogen and oxygen atoms in total. The molecule has 0 saturated heterocycles. The van der Waals surface area contributed by atoms with Gasteiger partial charge in [0.2, 0.25) is 0 Å². The summed E-state index contributed by atoms with van der Waals surface area (Å²) >= 11 is 0. The fraction of sp³-hybridized carbons (Fsp3) is 0.0769. The lowest BCUT2D eigenvalue weighted by Crippen LogP contribution is -2.16. The van der Waals surface area contributed by atoms with E-state index in [1.54, 1.807) is 12.1 Å². The third-order valence-electron chi connectivity index (χ3n) is 2.51. The summed E-state index contributed by atoms with van der Waals surface area (Å²) in [6.45, 7) is 0.379. The zero-order valence-electron chi connectivity index (χ0n) is 9.45. The predicted molar refractivity (Wildman–Crippen MR) is 64.0 cm³/mol. The van der Waals surface area contributed by atoms with E-state index >= 15 is 0 Å². The molecule has 5 heteroatoms. The molecule has 0 bridgehead atoms. The Kier molecular flexibility index (Phi) is 2.57. The SMILES string of the molecule is O=c1oc(-c2ccco2)nn1Cc1ccccc1. The molecule has 0 atom stereocenters. The molecule has 0 aliphatic rings. The van der Waals surface area contributed by atoms with Crippen LogP contribution in [-0.4, -0.2) is 9.78 Å². The molecule has 1 aromatic carbocycles. The van der Waals surface area contributed by atoms with Crippen molar-refractivity contribution in [1.29, 1.82) is 0 Å². The number of hydrogen-bond acceptors (Lipinski definition) is 4. The average molecular weight is 242 g/mol. The lowest BCUT2D eigenvalue weighted by molar-refractivity contribution is 0.476. The maximum absolute atomic E-state index is 11.6. The minimum Gasteiger partial charge on any atom is -0.459 e. The highest BCUT2D eigenvalue weighted by molar-refractivity contribution is 5.42. The van der Waals surface area contributed by atoms with Crippen molar-refractivity contribution in [2.24, 2.45) is 0 Å². The summed E-state index contributed by atoms with van der Waals surface area (Å²) in [6, 6.07) is 13.0. The van der Waals surface area contributed by atoms with Crippen molar-refractivity contribution in [2.45, 2.75) is 6.54 Å². The Labute approximate surface area is 102 Å². The minimum absolute atomic E-state index is 0.195. The van der Waals surface area contributed by atoms with Crippen molar-refractivity contribution in [1.82, 2.24) is 9.78 Å². The molecule has 2 aromatic heterocycles. The van der Waals surface area contributed by atoms with Gasteiger partial charge in [0.15, 0.2) is 5.76 Å². The van der Waals surface area contributed by atoms with Crippen LogP contribution in [0, 0.1) is 0 Å². The molecule has 3 rings (SSSR count). The van der Waals surface area contributed by atoms with Crippen LogP contribution in [0.15, 0.2) is 62.4 Å². The summed E-state index contributed by atoms with van der Waals surface area (Å²) in [7, 11) is 0. The molecule has 3 aromatic rings. The van der Waals surface area contributed by atoms with E-state index in [0.717, 1.165) is 5.56 Å². The number of rotatable bonds is 3. The molecule has 0 aliphatic carbocycles. The third-order valence-corrected chi connectivity index (χ3v) is 2.51. The molecule has 18 heavy (non-hydrogen) atoms. The van der Waals surface area contributed by atoms with E-state index < -0.39 is 5.76 Å². The number of furan rings is 1. The second-order valence-corrected chi connectivity index (χ2v) is 3.79. The van der Waals surface area contributed by atoms with Crippen LogP contribution in [0.5, 0.6) is 0 Å². The van der Waals surface area contributed by atoms with Gasteiger partial charge in [-0.25, -0.2) is 4.79 Å². The molecule has 90 valence electrons. The van der Waals surface area contributed by atoms with Gasteiger partial charge in [0, 0.05) is 0 Å². The van der Waals surface area contributed by atoms with Crippen LogP contribution in [0.1, 0.15) is 5.56 Å². The molecule has 0 fully saturated rings. The Morgan fingerprint density at radius 3 is 2.67 bits per heavy atom. The molecular weight excluding hydrogens is 232 g/mol. The van der Waals surface area contributed by atoms with Crippen LogP contribution in [0.3, 0.4) is 0 Å². The van der Waals surface area contributed by atoms with Crippen molar-refractivity contribution in [3.05, 3.63) is 64.8 Å². The number of nitrogens with zero attached hydrogens (tertiary/aromatic N) is 2. The molecular formula is C13H10N2O3. The van der Waals surface area contributed by atoms with Crippen LogP contribution in [-0.2, 0) is 6.54 Å². The van der Waals surface area contributed by atoms with Crippen molar-refractivity contribution in [2.75, 3.05) is 0 Å². The van der Waals surface area contributed by atoms with E-state index in [4.69, 9.17) is 8.83 Å². The molecule has 0 unspecified atom stereocenters. The van der Waals surface area contributed by atoms with Gasteiger partial charge in [-0.05, 0) is 17.7 Å². The Hall–Kier alpha value is -2.56. The smallest absolute Gasteiger partial charge is 0.437 e. The molecule has 0 amide bonds. The summed E-state index contributed by atoms with van der Waals surface area (Å²) in [6.07, 6.45) is 1.51. The van der Waals surface area contributed by atoms with Crippen LogP contribution in [0.25, 0.3) is 11.7 Å². The summed E-state index contributed by atoms with van der Waals surface area (Å²) in [5, 5.41) is 4.09. The van der Waals surface area contributed by atoms with Crippen LogP contribution < -0.4 is 5.76 Å². The fourth-order valence-electron chi connectivity index (χ4n) is 1.66. The van der Waals surface area contributed by atoms with Gasteiger partial charge < -0.3 is 8.83 Å². The summed E-state index contributed by atoms with van der Waals surface area (Å²) in [5.74, 6) is 0.144. The summed E-state index contributed by atoms with van der Waals surface area (Å²) in [4.78, 5) is 11.6. The quantitative estimate of drug-likeness (QED) is 0.706. The maximum atomic E-state index is 11.6. The first-order valence-electron chi connectivity index (χ1n) is 5.49. The number of benzene rings is 1. The molecule has 0 radical (unpaired) electrons. The van der Waals surface area contributed by atoms with Gasteiger partial charge in [-0.2, -0.15) is 4.68 Å². The van der Waals surface area contributed by atoms with Crippen molar-refractivity contribution in [3.8, 4) is 11.7 Å². The topological polar surface area (TPSA) is 61.2 Å². The van der Waals surface area contributed by atoms with Crippen LogP contribution >= 0.6 is 0 Å². The largest absolute Gasteiger partial charge is 0.459 e. The van der Waals surface area contributed by atoms with Gasteiger partial charge in [0.05, 0.1) is 12.8 Å². The van der Waals surface area contributed by atoms with E-state index in [1.165, 1.54) is 10.9 Å². The highest BCUT2D eigenvalue weighted by atomic mass is 16.4. The standard InChI is InChI=1S/C13H10N2O3/c16-13-15(9-10-5-2-1-3-6-10)14-12(18-13)11-7-4-8-17-11/h1-8H,9H2. The van der Waals surface area contributed by atoms with E-state index in [0.29, 0.717) is 12.3 Å². The average Bonchev–Trinajstić information content (AvgIpc) is 3.01.